The smallest absolute Gasteiger partial charge is 0.315 e. The third-order valence-corrected chi connectivity index (χ3v) is 3.04. The molecule has 4 nitrogen and oxygen atoms in total. The molecule has 1 rings (SSSR count). The Balaban J connectivity index is 2.68. The van der Waals surface area contributed by atoms with Crippen LogP contribution in [0.3, 0.4) is 0 Å². The zero-order chi connectivity index (χ0) is 14.3. The van der Waals surface area contributed by atoms with Gasteiger partial charge in [0.2, 0.25) is 0 Å². The van der Waals surface area contributed by atoms with E-state index in [-0.39, 0.29) is 5.97 Å². The summed E-state index contributed by atoms with van der Waals surface area (Å²) in [4.78, 5) is 12.2. The molecule has 1 unspecified atom stereocenters. The largest absolute Gasteiger partial charge is 0.497 e. The van der Waals surface area contributed by atoms with Crippen molar-refractivity contribution >= 4 is 28.9 Å². The molecule has 0 amide bonds. The number of carbonyl (C=O) groups is 1. The number of benzene rings is 1. The van der Waals surface area contributed by atoms with Crippen LogP contribution in [0.4, 0.5) is 5.69 Å². The molecular formula is C14H19NO3S. The number of esters is 1. The second-order valence-electron chi connectivity index (χ2n) is 3.93. The van der Waals surface area contributed by atoms with Crippen LogP contribution in [0.5, 0.6) is 5.75 Å². The molecule has 0 radical (unpaired) electrons. The monoisotopic (exact) mass is 281 g/mol. The molecule has 0 aliphatic heterocycles. The number of anilines is 1. The lowest BCUT2D eigenvalue weighted by molar-refractivity contribution is -0.145. The fourth-order valence-corrected chi connectivity index (χ4v) is 1.99. The van der Waals surface area contributed by atoms with Crippen molar-refractivity contribution < 1.29 is 14.3 Å². The molecule has 0 aromatic heterocycles. The van der Waals surface area contributed by atoms with E-state index in [1.54, 1.807) is 14.0 Å². The number of rotatable bonds is 6. The van der Waals surface area contributed by atoms with Gasteiger partial charge in [-0.3, -0.25) is 4.79 Å². The lowest BCUT2D eigenvalue weighted by Gasteiger charge is -2.16. The maximum atomic E-state index is 11.7. The van der Waals surface area contributed by atoms with Crippen LogP contribution in [0.15, 0.2) is 24.3 Å². The number of ether oxygens (including phenoxy) is 2. The summed E-state index contributed by atoms with van der Waals surface area (Å²) in [5.41, 5.74) is 0.827. The summed E-state index contributed by atoms with van der Waals surface area (Å²) >= 11 is 5.27. The summed E-state index contributed by atoms with van der Waals surface area (Å²) < 4.78 is 10.1. The quantitative estimate of drug-likeness (QED) is 0.641. The van der Waals surface area contributed by atoms with Gasteiger partial charge in [-0.2, -0.15) is 0 Å². The molecule has 0 aliphatic rings. The Bertz CT molecular complexity index is 431. The molecule has 1 aromatic rings. The van der Waals surface area contributed by atoms with Gasteiger partial charge in [-0.15, -0.1) is 0 Å². The maximum Gasteiger partial charge on any atom is 0.315 e. The summed E-state index contributed by atoms with van der Waals surface area (Å²) in [6.45, 7) is 4.05. The first-order valence-corrected chi connectivity index (χ1v) is 6.64. The first kappa shape index (κ1) is 15.4. The van der Waals surface area contributed by atoms with Gasteiger partial charge in [0.05, 0.1) is 18.7 Å². The van der Waals surface area contributed by atoms with Crippen LogP contribution in [0.2, 0.25) is 0 Å². The molecule has 0 aliphatic carbocycles. The van der Waals surface area contributed by atoms with E-state index in [1.165, 1.54) is 0 Å². The number of hydrogen-bond donors (Lipinski definition) is 1. The van der Waals surface area contributed by atoms with Gasteiger partial charge >= 0.3 is 5.97 Å². The van der Waals surface area contributed by atoms with E-state index in [0.717, 1.165) is 11.4 Å². The van der Waals surface area contributed by atoms with Crippen molar-refractivity contribution in [3.05, 3.63) is 24.3 Å². The topological polar surface area (TPSA) is 47.6 Å². The predicted molar refractivity (Wildman–Crippen MR) is 79.6 cm³/mol. The summed E-state index contributed by atoms with van der Waals surface area (Å²) in [7, 11) is 1.61. The molecule has 1 aromatic carbocycles. The van der Waals surface area contributed by atoms with Gasteiger partial charge in [0.15, 0.2) is 0 Å². The van der Waals surface area contributed by atoms with E-state index in [1.807, 2.05) is 31.2 Å². The van der Waals surface area contributed by atoms with Crippen molar-refractivity contribution in [3.63, 3.8) is 0 Å². The molecule has 0 saturated heterocycles. The van der Waals surface area contributed by atoms with Crippen molar-refractivity contribution in [2.24, 2.45) is 5.92 Å². The summed E-state index contributed by atoms with van der Waals surface area (Å²) in [6.07, 6.45) is 0.612. The second kappa shape index (κ2) is 7.74. The predicted octanol–water partition coefficient (Wildman–Crippen LogP) is 3.02. The summed E-state index contributed by atoms with van der Waals surface area (Å²) in [6, 6.07) is 7.36. The molecule has 5 heteroatoms. The minimum Gasteiger partial charge on any atom is -0.497 e. The molecule has 0 spiro atoms. The highest BCUT2D eigenvalue weighted by atomic mass is 32.1. The van der Waals surface area contributed by atoms with Crippen LogP contribution >= 0.6 is 12.2 Å². The molecule has 19 heavy (non-hydrogen) atoms. The Labute approximate surface area is 119 Å². The van der Waals surface area contributed by atoms with Crippen molar-refractivity contribution in [3.8, 4) is 5.75 Å². The minimum absolute atomic E-state index is 0.281. The van der Waals surface area contributed by atoms with Gasteiger partial charge in [-0.1, -0.05) is 19.1 Å². The van der Waals surface area contributed by atoms with Gasteiger partial charge in [-0.05, 0) is 37.6 Å². The molecule has 0 bridgehead atoms. The number of thiocarbonyl (C=S) groups is 1. The fraction of sp³-hybridized carbons (Fsp3) is 0.429. The average Bonchev–Trinajstić information content (AvgIpc) is 2.40. The average molecular weight is 281 g/mol. The van der Waals surface area contributed by atoms with Crippen LogP contribution in [0.25, 0.3) is 0 Å². The third kappa shape index (κ3) is 4.52. The number of hydrogen-bond acceptors (Lipinski definition) is 4. The Morgan fingerprint density at radius 3 is 2.42 bits per heavy atom. The van der Waals surface area contributed by atoms with Gasteiger partial charge in [0.25, 0.3) is 0 Å². The summed E-state index contributed by atoms with van der Waals surface area (Å²) in [5, 5.41) is 3.06. The molecule has 104 valence electrons. The molecule has 0 fully saturated rings. The van der Waals surface area contributed by atoms with E-state index < -0.39 is 5.92 Å². The Morgan fingerprint density at radius 1 is 1.32 bits per heavy atom. The second-order valence-corrected chi connectivity index (χ2v) is 4.37. The third-order valence-electron chi connectivity index (χ3n) is 2.65. The van der Waals surface area contributed by atoms with Crippen LogP contribution in [-0.4, -0.2) is 24.7 Å². The first-order valence-electron chi connectivity index (χ1n) is 6.23. The number of carbonyl (C=O) groups excluding carboxylic acids is 1. The van der Waals surface area contributed by atoms with E-state index in [2.05, 4.69) is 5.32 Å². The van der Waals surface area contributed by atoms with Crippen molar-refractivity contribution in [2.75, 3.05) is 19.0 Å². The van der Waals surface area contributed by atoms with Gasteiger partial charge in [-0.25, -0.2) is 0 Å². The minimum atomic E-state index is -0.406. The Kier molecular flexibility index (Phi) is 6.29. The Hall–Kier alpha value is -1.62. The standard InChI is InChI=1S/C14H19NO3S/c1-4-12(14(16)18-5-2)13(19)15-10-6-8-11(17-3)9-7-10/h6-9,12H,4-5H2,1-3H3,(H,15,19). The van der Waals surface area contributed by atoms with Gasteiger partial charge in [0.1, 0.15) is 11.7 Å². The highest BCUT2D eigenvalue weighted by molar-refractivity contribution is 7.80. The van der Waals surface area contributed by atoms with Crippen LogP contribution in [0, 0.1) is 5.92 Å². The fourth-order valence-electron chi connectivity index (χ4n) is 1.61. The van der Waals surface area contributed by atoms with Gasteiger partial charge in [0, 0.05) is 5.69 Å². The molecule has 1 atom stereocenters. The van der Waals surface area contributed by atoms with Crippen LogP contribution in [-0.2, 0) is 9.53 Å². The SMILES string of the molecule is CCOC(=O)C(CC)C(=S)Nc1ccc(OC)cc1. The van der Waals surface area contributed by atoms with E-state index in [0.29, 0.717) is 18.0 Å². The number of nitrogens with one attached hydrogen (secondary N) is 1. The highest BCUT2D eigenvalue weighted by Gasteiger charge is 2.22. The van der Waals surface area contributed by atoms with Gasteiger partial charge < -0.3 is 14.8 Å². The number of methoxy groups -OCH3 is 1. The van der Waals surface area contributed by atoms with Crippen LogP contribution < -0.4 is 10.1 Å². The normalized spacial score (nSPS) is 11.5. The van der Waals surface area contributed by atoms with E-state index in [4.69, 9.17) is 21.7 Å². The van der Waals surface area contributed by atoms with Crippen molar-refractivity contribution in [2.45, 2.75) is 20.3 Å². The molecular weight excluding hydrogens is 262 g/mol. The van der Waals surface area contributed by atoms with E-state index in [9.17, 15) is 4.79 Å². The lowest BCUT2D eigenvalue weighted by Crippen LogP contribution is -2.29. The maximum absolute atomic E-state index is 11.7. The zero-order valence-corrected chi connectivity index (χ0v) is 12.3. The van der Waals surface area contributed by atoms with E-state index >= 15 is 0 Å². The zero-order valence-electron chi connectivity index (χ0n) is 11.4. The van der Waals surface area contributed by atoms with Crippen LogP contribution in [0.1, 0.15) is 20.3 Å². The van der Waals surface area contributed by atoms with Crippen molar-refractivity contribution in [1.82, 2.24) is 0 Å². The molecule has 0 heterocycles. The highest BCUT2D eigenvalue weighted by Crippen LogP contribution is 2.17. The molecule has 0 saturated carbocycles. The summed E-state index contributed by atoms with van der Waals surface area (Å²) in [5.74, 6) is 0.0852. The first-order chi connectivity index (χ1) is 9.12. The molecule has 1 N–H and O–H groups in total. The lowest BCUT2D eigenvalue weighted by atomic mass is 10.1. The Morgan fingerprint density at radius 2 is 1.95 bits per heavy atom. The van der Waals surface area contributed by atoms with Crippen molar-refractivity contribution in [1.29, 1.82) is 0 Å².